The summed E-state index contributed by atoms with van der Waals surface area (Å²) in [5, 5.41) is 25.6. The fourth-order valence-corrected chi connectivity index (χ4v) is 3.45. The first kappa shape index (κ1) is 25.4. The van der Waals surface area contributed by atoms with Crippen molar-refractivity contribution in [3.8, 4) is 11.4 Å². The van der Waals surface area contributed by atoms with E-state index in [9.17, 15) is 9.90 Å². The number of alkyl halides is 1. The van der Waals surface area contributed by atoms with Gasteiger partial charge in [-0.2, -0.15) is 4.98 Å². The third kappa shape index (κ3) is 7.66. The molecule has 2 atom stereocenters. The van der Waals surface area contributed by atoms with Gasteiger partial charge >= 0.3 is 5.97 Å². The van der Waals surface area contributed by atoms with E-state index in [4.69, 9.17) is 21.2 Å². The number of aliphatic carboxylic acids is 1. The zero-order chi connectivity index (χ0) is 23.5. The van der Waals surface area contributed by atoms with Gasteiger partial charge in [0.05, 0.1) is 0 Å². The Balaban J connectivity index is 0.00000114. The molecule has 2 unspecified atom stereocenters. The maximum Gasteiger partial charge on any atom is 0.303 e. The molecule has 1 aliphatic rings. The minimum Gasteiger partial charge on any atom is -0.509 e. The van der Waals surface area contributed by atoms with Crippen LogP contribution in [-0.4, -0.2) is 38.7 Å². The van der Waals surface area contributed by atoms with Crippen LogP contribution < -0.4 is 5.32 Å². The Morgan fingerprint density at radius 1 is 1.28 bits per heavy atom. The van der Waals surface area contributed by atoms with Crippen molar-refractivity contribution in [2.45, 2.75) is 39.2 Å². The summed E-state index contributed by atoms with van der Waals surface area (Å²) < 4.78 is 5.33. The number of rotatable bonds is 8. The lowest BCUT2D eigenvalue weighted by Crippen LogP contribution is -2.14. The zero-order valence-electron chi connectivity index (χ0n) is 18.4. The highest BCUT2D eigenvalue weighted by atomic mass is 35.5. The fraction of sp³-hybridized carbons (Fsp3) is 0.375. The number of nitrogens with zero attached hydrogens (tertiary/aromatic N) is 2. The summed E-state index contributed by atoms with van der Waals surface area (Å²) in [6.45, 7) is 8.36. The molecule has 2 aromatic rings. The van der Waals surface area contributed by atoms with Gasteiger partial charge in [-0.05, 0) is 36.6 Å². The Morgan fingerprint density at radius 2 is 1.97 bits per heavy atom. The third-order valence-electron chi connectivity index (χ3n) is 4.68. The molecule has 0 saturated carbocycles. The van der Waals surface area contributed by atoms with Gasteiger partial charge in [0.1, 0.15) is 5.76 Å². The molecular formula is C24H30ClN3O4. The molecule has 0 amide bonds. The van der Waals surface area contributed by atoms with Gasteiger partial charge < -0.3 is 20.1 Å². The van der Waals surface area contributed by atoms with E-state index in [1.165, 1.54) is 12.5 Å². The number of carbonyl (C=O) groups is 1. The van der Waals surface area contributed by atoms with Crippen molar-refractivity contribution in [1.82, 2.24) is 15.5 Å². The number of halogens is 1. The van der Waals surface area contributed by atoms with Crippen molar-refractivity contribution in [3.05, 3.63) is 66.3 Å². The summed E-state index contributed by atoms with van der Waals surface area (Å²) in [4.78, 5) is 15.3. The topological polar surface area (TPSA) is 108 Å². The van der Waals surface area contributed by atoms with E-state index >= 15 is 0 Å². The van der Waals surface area contributed by atoms with E-state index in [-0.39, 0.29) is 35.9 Å². The lowest BCUT2D eigenvalue weighted by atomic mass is 9.97. The number of carboxylic acids is 1. The van der Waals surface area contributed by atoms with Crippen LogP contribution in [0.1, 0.15) is 50.6 Å². The Morgan fingerprint density at radius 3 is 2.56 bits per heavy atom. The minimum atomic E-state index is -0.763. The molecule has 0 bridgehead atoms. The van der Waals surface area contributed by atoms with Gasteiger partial charge in [0.2, 0.25) is 5.82 Å². The monoisotopic (exact) mass is 459 g/mol. The molecule has 2 heterocycles. The van der Waals surface area contributed by atoms with E-state index in [0.29, 0.717) is 17.9 Å². The molecule has 8 heteroatoms. The smallest absolute Gasteiger partial charge is 0.303 e. The van der Waals surface area contributed by atoms with Crippen LogP contribution in [0.5, 0.6) is 0 Å². The number of aliphatic hydroxyl groups excluding tert-OH is 1. The van der Waals surface area contributed by atoms with Gasteiger partial charge in [-0.15, -0.1) is 11.6 Å². The highest BCUT2D eigenvalue weighted by molar-refractivity contribution is 6.19. The molecule has 172 valence electrons. The molecule has 1 aliphatic heterocycles. The lowest BCUT2D eigenvalue weighted by Gasteiger charge is -2.11. The summed E-state index contributed by atoms with van der Waals surface area (Å²) in [6.07, 6.45) is 6.95. The number of hydrogen-bond acceptors (Lipinski definition) is 6. The molecule has 0 aliphatic carbocycles. The van der Waals surface area contributed by atoms with Gasteiger partial charge in [0.15, 0.2) is 0 Å². The van der Waals surface area contributed by atoms with Gasteiger partial charge in [0, 0.05) is 29.5 Å². The SMILES string of the molecule is C=C(O)/C=C\C(=C/CCl)c1nc(-c2ccc(C3CC(CC(=O)O)CN3)cc2)no1.CCC. The first-order valence-corrected chi connectivity index (χ1v) is 11.1. The van der Waals surface area contributed by atoms with E-state index in [2.05, 4.69) is 35.9 Å². The van der Waals surface area contributed by atoms with Crippen LogP contribution in [0.15, 0.2) is 59.4 Å². The van der Waals surface area contributed by atoms with Gasteiger partial charge in [-0.25, -0.2) is 0 Å². The normalized spacial score (nSPS) is 18.4. The standard InChI is InChI=1S/C21H22ClN3O4.C3H8/c1-13(26)2-3-17(8-9-22)21-24-20(25-29-21)16-6-4-15(5-7-16)18-10-14(12-23-18)11-19(27)28;1-3-2/h2-8,14,18,23,26H,1,9-12H2,(H,27,28);3H2,1-2H3/b3-2-,17-8+;. The molecule has 32 heavy (non-hydrogen) atoms. The molecule has 1 saturated heterocycles. The van der Waals surface area contributed by atoms with E-state index < -0.39 is 5.97 Å². The van der Waals surface area contributed by atoms with Gasteiger partial charge in [-0.1, -0.05) is 62.3 Å². The van der Waals surface area contributed by atoms with Gasteiger partial charge in [0.25, 0.3) is 5.89 Å². The maximum atomic E-state index is 10.9. The average Bonchev–Trinajstić information content (AvgIpc) is 3.41. The first-order valence-electron chi connectivity index (χ1n) is 10.6. The van der Waals surface area contributed by atoms with Gasteiger partial charge in [-0.3, -0.25) is 4.79 Å². The van der Waals surface area contributed by atoms with Crippen molar-refractivity contribution in [3.63, 3.8) is 0 Å². The average molecular weight is 460 g/mol. The Hall–Kier alpha value is -2.90. The molecule has 1 fully saturated rings. The van der Waals surface area contributed by atoms with E-state index in [1.54, 1.807) is 12.2 Å². The van der Waals surface area contributed by atoms with Crippen LogP contribution in [0.2, 0.25) is 0 Å². The molecule has 1 aromatic carbocycles. The van der Waals surface area contributed by atoms with Crippen molar-refractivity contribution < 1.29 is 19.5 Å². The Kier molecular flexibility index (Phi) is 10.2. The summed E-state index contributed by atoms with van der Waals surface area (Å²) in [5.41, 5.74) is 2.48. The van der Waals surface area contributed by atoms with Crippen LogP contribution in [0.3, 0.4) is 0 Å². The van der Waals surface area contributed by atoms with Crippen molar-refractivity contribution in [2.24, 2.45) is 5.92 Å². The Labute approximate surface area is 193 Å². The van der Waals surface area contributed by atoms with Crippen LogP contribution in [0, 0.1) is 5.92 Å². The van der Waals surface area contributed by atoms with Crippen molar-refractivity contribution in [2.75, 3.05) is 12.4 Å². The number of aromatic nitrogens is 2. The lowest BCUT2D eigenvalue weighted by molar-refractivity contribution is -0.137. The number of allylic oxidation sites excluding steroid dienone is 4. The van der Waals surface area contributed by atoms with Crippen LogP contribution in [0.4, 0.5) is 0 Å². The summed E-state index contributed by atoms with van der Waals surface area (Å²) in [5.74, 6) is 0.268. The largest absolute Gasteiger partial charge is 0.509 e. The van der Waals surface area contributed by atoms with E-state index in [0.717, 1.165) is 17.5 Å². The molecule has 1 aromatic heterocycles. The molecule has 0 spiro atoms. The van der Waals surface area contributed by atoms with Crippen molar-refractivity contribution in [1.29, 1.82) is 0 Å². The zero-order valence-corrected chi connectivity index (χ0v) is 19.2. The number of nitrogens with one attached hydrogen (secondary N) is 1. The van der Waals surface area contributed by atoms with Crippen LogP contribution in [-0.2, 0) is 4.79 Å². The number of aliphatic hydroxyl groups is 1. The first-order chi connectivity index (χ1) is 15.4. The minimum absolute atomic E-state index is 0.0908. The molecule has 3 N–H and O–H groups in total. The summed E-state index contributed by atoms with van der Waals surface area (Å²) in [7, 11) is 0. The fourth-order valence-electron chi connectivity index (χ4n) is 3.28. The molecular weight excluding hydrogens is 430 g/mol. The summed E-state index contributed by atoms with van der Waals surface area (Å²) in [6, 6.07) is 7.93. The highest BCUT2D eigenvalue weighted by Gasteiger charge is 2.26. The second-order valence-electron chi connectivity index (χ2n) is 7.55. The molecule has 0 radical (unpaired) electrons. The highest BCUT2D eigenvalue weighted by Crippen LogP contribution is 2.30. The Bertz CT molecular complexity index is 950. The maximum absolute atomic E-state index is 10.9. The number of hydrogen-bond donors (Lipinski definition) is 3. The predicted octanol–water partition coefficient (Wildman–Crippen LogP) is 5.53. The van der Waals surface area contributed by atoms with Crippen molar-refractivity contribution >= 4 is 23.1 Å². The molecule has 3 rings (SSSR count). The second-order valence-corrected chi connectivity index (χ2v) is 7.86. The quantitative estimate of drug-likeness (QED) is 0.270. The predicted molar refractivity (Wildman–Crippen MR) is 126 cm³/mol. The number of carboxylic acid groups (broad SMARTS) is 1. The van der Waals surface area contributed by atoms with Crippen LogP contribution >= 0.6 is 11.6 Å². The molecule has 7 nitrogen and oxygen atoms in total. The summed E-state index contributed by atoms with van der Waals surface area (Å²) >= 11 is 5.78. The van der Waals surface area contributed by atoms with E-state index in [1.807, 2.05) is 24.3 Å². The number of benzene rings is 1. The second kappa shape index (κ2) is 12.8. The third-order valence-corrected chi connectivity index (χ3v) is 4.84. The van der Waals surface area contributed by atoms with Crippen LogP contribution in [0.25, 0.3) is 17.0 Å².